The largest absolute Gasteiger partial charge is 0.330 e. The molecule has 0 saturated heterocycles. The highest BCUT2D eigenvalue weighted by molar-refractivity contribution is 5.99. The topological polar surface area (TPSA) is 150 Å². The number of hydrogen-bond donors (Lipinski definition) is 4. The Morgan fingerprint density at radius 3 is 2.78 bits per heavy atom. The lowest BCUT2D eigenvalue weighted by molar-refractivity contribution is 0.262. The molecule has 0 radical (unpaired) electrons. The molecule has 118 valence electrons. The van der Waals surface area contributed by atoms with Crippen molar-refractivity contribution in [1.29, 1.82) is 5.26 Å². The maximum atomic E-state index is 12.0. The Bertz CT molecular complexity index is 805. The molecule has 0 aliphatic heterocycles. The first-order valence-corrected chi connectivity index (χ1v) is 6.76. The van der Waals surface area contributed by atoms with E-state index in [0.717, 1.165) is 5.56 Å². The number of pyridine rings is 1. The first-order valence-electron chi connectivity index (χ1n) is 6.76. The highest BCUT2D eigenvalue weighted by Crippen LogP contribution is 2.15. The molecule has 0 atom stereocenters. The molecule has 2 rings (SSSR count). The fourth-order valence-corrected chi connectivity index (χ4v) is 1.98. The highest BCUT2D eigenvalue weighted by Gasteiger charge is 2.13. The zero-order chi connectivity index (χ0) is 16.8. The van der Waals surface area contributed by atoms with E-state index in [-0.39, 0.29) is 17.2 Å². The summed E-state index contributed by atoms with van der Waals surface area (Å²) in [6.45, 7) is 2.16. The van der Waals surface area contributed by atoms with Crippen LogP contribution in [0.1, 0.15) is 16.8 Å². The van der Waals surface area contributed by atoms with E-state index in [2.05, 4.69) is 25.6 Å². The van der Waals surface area contributed by atoms with E-state index in [4.69, 9.17) is 11.0 Å². The van der Waals surface area contributed by atoms with Crippen LogP contribution in [-0.4, -0.2) is 27.5 Å². The van der Waals surface area contributed by atoms with Crippen LogP contribution in [0.15, 0.2) is 23.4 Å². The van der Waals surface area contributed by atoms with Crippen LogP contribution in [-0.2, 0) is 6.42 Å². The van der Waals surface area contributed by atoms with Crippen LogP contribution in [0.5, 0.6) is 0 Å². The van der Waals surface area contributed by atoms with Gasteiger partial charge in [0.2, 0.25) is 0 Å². The summed E-state index contributed by atoms with van der Waals surface area (Å²) in [6, 6.07) is 1.18. The van der Waals surface area contributed by atoms with Crippen LogP contribution < -0.4 is 21.9 Å². The van der Waals surface area contributed by atoms with Crippen molar-refractivity contribution in [2.75, 3.05) is 17.2 Å². The number of urea groups is 1. The molecule has 23 heavy (non-hydrogen) atoms. The molecule has 0 saturated carbocycles. The Morgan fingerprint density at radius 2 is 2.17 bits per heavy atom. The van der Waals surface area contributed by atoms with E-state index in [1.165, 1.54) is 12.4 Å². The van der Waals surface area contributed by atoms with Gasteiger partial charge in [0.05, 0.1) is 12.4 Å². The second kappa shape index (κ2) is 7.15. The number of nitrogens with one attached hydrogen (secondary N) is 3. The van der Waals surface area contributed by atoms with Crippen molar-refractivity contribution in [2.24, 2.45) is 5.73 Å². The zero-order valence-corrected chi connectivity index (χ0v) is 12.4. The van der Waals surface area contributed by atoms with Crippen LogP contribution in [0.25, 0.3) is 0 Å². The molecular weight excluding hydrogens is 298 g/mol. The lowest BCUT2D eigenvalue weighted by Crippen LogP contribution is -2.27. The molecule has 2 aromatic rings. The summed E-state index contributed by atoms with van der Waals surface area (Å²) in [6.07, 6.45) is 4.51. The SMILES string of the molecule is Cc1c[nH]c(=O)c(NC(=O)Nc2cnc(C#N)cn2)c1CCN. The molecule has 2 aromatic heterocycles. The summed E-state index contributed by atoms with van der Waals surface area (Å²) in [5.74, 6) is 0.158. The molecule has 0 spiro atoms. The maximum absolute atomic E-state index is 12.0. The molecule has 2 amide bonds. The summed E-state index contributed by atoms with van der Waals surface area (Å²) in [7, 11) is 0. The minimum Gasteiger partial charge on any atom is -0.330 e. The first-order chi connectivity index (χ1) is 11.0. The van der Waals surface area contributed by atoms with Crippen LogP contribution in [0.3, 0.4) is 0 Å². The molecule has 0 aromatic carbocycles. The third kappa shape index (κ3) is 3.90. The predicted octanol–water partition coefficient (Wildman–Crippen LogP) is 0.490. The standard InChI is InChI=1S/C14H15N7O2/c1-8-5-19-13(22)12(10(8)2-3-15)21-14(23)20-11-7-17-9(4-16)6-18-11/h5-7H,2-3,15H2,1H3,(H,19,22)(H2,18,20,21,23). The van der Waals surface area contributed by atoms with Crippen LogP contribution >= 0.6 is 0 Å². The van der Waals surface area contributed by atoms with Gasteiger partial charge >= 0.3 is 6.03 Å². The summed E-state index contributed by atoms with van der Waals surface area (Å²) < 4.78 is 0. The minimum absolute atomic E-state index is 0.135. The van der Waals surface area contributed by atoms with E-state index >= 15 is 0 Å². The zero-order valence-electron chi connectivity index (χ0n) is 12.4. The lowest BCUT2D eigenvalue weighted by Gasteiger charge is -2.12. The van der Waals surface area contributed by atoms with Crippen molar-refractivity contribution >= 4 is 17.5 Å². The molecule has 9 nitrogen and oxygen atoms in total. The molecule has 0 unspecified atom stereocenters. The lowest BCUT2D eigenvalue weighted by atomic mass is 10.1. The van der Waals surface area contributed by atoms with Crippen molar-refractivity contribution in [3.05, 3.63) is 45.8 Å². The second-order valence-electron chi connectivity index (χ2n) is 4.67. The molecule has 0 bridgehead atoms. The van der Waals surface area contributed by atoms with Gasteiger partial charge in [-0.3, -0.25) is 10.1 Å². The Balaban J connectivity index is 2.18. The fourth-order valence-electron chi connectivity index (χ4n) is 1.98. The molecule has 0 fully saturated rings. The van der Waals surface area contributed by atoms with Gasteiger partial charge in [-0.25, -0.2) is 14.8 Å². The number of carbonyl (C=O) groups is 1. The van der Waals surface area contributed by atoms with E-state index in [0.29, 0.717) is 18.5 Å². The predicted molar refractivity (Wildman–Crippen MR) is 83.9 cm³/mol. The number of amides is 2. The Labute approximate surface area is 131 Å². The smallest absolute Gasteiger partial charge is 0.325 e. The molecule has 9 heteroatoms. The third-order valence-corrected chi connectivity index (χ3v) is 3.07. The Morgan fingerprint density at radius 1 is 1.39 bits per heavy atom. The molecule has 5 N–H and O–H groups in total. The van der Waals surface area contributed by atoms with Crippen molar-refractivity contribution in [3.63, 3.8) is 0 Å². The fraction of sp³-hybridized carbons (Fsp3) is 0.214. The van der Waals surface area contributed by atoms with Gasteiger partial charge in [-0.15, -0.1) is 0 Å². The first kappa shape index (κ1) is 16.1. The normalized spacial score (nSPS) is 9.96. The molecule has 2 heterocycles. The van der Waals surface area contributed by atoms with Crippen molar-refractivity contribution < 1.29 is 4.79 Å². The van der Waals surface area contributed by atoms with Crippen molar-refractivity contribution in [3.8, 4) is 6.07 Å². The van der Waals surface area contributed by atoms with Crippen LogP contribution in [0.4, 0.5) is 16.3 Å². The monoisotopic (exact) mass is 313 g/mol. The second-order valence-corrected chi connectivity index (χ2v) is 4.67. The Kier molecular flexibility index (Phi) is 5.01. The van der Waals surface area contributed by atoms with Gasteiger partial charge in [0.15, 0.2) is 11.5 Å². The Hall–Kier alpha value is -3.25. The van der Waals surface area contributed by atoms with Gasteiger partial charge in [-0.05, 0) is 31.0 Å². The maximum Gasteiger partial charge on any atom is 0.325 e. The number of nitrogens with zero attached hydrogens (tertiary/aromatic N) is 3. The summed E-state index contributed by atoms with van der Waals surface area (Å²) in [5, 5.41) is 13.6. The molecule has 0 aliphatic carbocycles. The minimum atomic E-state index is -0.640. The third-order valence-electron chi connectivity index (χ3n) is 3.07. The van der Waals surface area contributed by atoms with Gasteiger partial charge in [0.1, 0.15) is 11.8 Å². The quantitative estimate of drug-likeness (QED) is 0.645. The van der Waals surface area contributed by atoms with Crippen LogP contribution in [0.2, 0.25) is 0 Å². The summed E-state index contributed by atoms with van der Waals surface area (Å²) in [4.78, 5) is 34.2. The van der Waals surface area contributed by atoms with E-state index < -0.39 is 11.6 Å². The summed E-state index contributed by atoms with van der Waals surface area (Å²) >= 11 is 0. The number of aryl methyl sites for hydroxylation is 1. The van der Waals surface area contributed by atoms with E-state index in [1.807, 2.05) is 13.0 Å². The number of aromatic amines is 1. The highest BCUT2D eigenvalue weighted by atomic mass is 16.2. The average molecular weight is 313 g/mol. The number of carbonyl (C=O) groups excluding carboxylic acids is 1. The van der Waals surface area contributed by atoms with Crippen molar-refractivity contribution in [2.45, 2.75) is 13.3 Å². The van der Waals surface area contributed by atoms with E-state index in [9.17, 15) is 9.59 Å². The van der Waals surface area contributed by atoms with Gasteiger partial charge in [0.25, 0.3) is 5.56 Å². The number of nitrogens with two attached hydrogens (primary N) is 1. The van der Waals surface area contributed by atoms with E-state index in [1.54, 1.807) is 6.20 Å². The summed E-state index contributed by atoms with van der Waals surface area (Å²) in [5.41, 5.74) is 6.91. The number of rotatable bonds is 4. The van der Waals surface area contributed by atoms with Gasteiger partial charge in [-0.2, -0.15) is 5.26 Å². The van der Waals surface area contributed by atoms with Gasteiger partial charge < -0.3 is 16.0 Å². The molecular formula is C14H15N7O2. The number of hydrogen-bond acceptors (Lipinski definition) is 6. The van der Waals surface area contributed by atoms with Crippen molar-refractivity contribution in [1.82, 2.24) is 15.0 Å². The number of anilines is 2. The number of H-pyrrole nitrogens is 1. The van der Waals surface area contributed by atoms with Gasteiger partial charge in [-0.1, -0.05) is 0 Å². The van der Waals surface area contributed by atoms with Gasteiger partial charge in [0, 0.05) is 6.20 Å². The van der Waals surface area contributed by atoms with Crippen LogP contribution in [0, 0.1) is 18.3 Å². The number of aromatic nitrogens is 3. The average Bonchev–Trinajstić information content (AvgIpc) is 2.55. The molecule has 0 aliphatic rings. The number of nitriles is 1.